The van der Waals surface area contributed by atoms with Gasteiger partial charge in [0.2, 0.25) is 0 Å². The minimum atomic E-state index is -0.363. The zero-order valence-electron chi connectivity index (χ0n) is 8.21. The maximum atomic E-state index is 9.88. The molecule has 0 radical (unpaired) electrons. The monoisotopic (exact) mass is 242 g/mol. The van der Waals surface area contributed by atoms with Crippen molar-refractivity contribution in [3.8, 4) is 0 Å². The van der Waals surface area contributed by atoms with E-state index in [9.17, 15) is 5.11 Å². The van der Waals surface area contributed by atoms with Gasteiger partial charge in [-0.3, -0.25) is 0 Å². The first-order chi connectivity index (χ1) is 6.02. The highest BCUT2D eigenvalue weighted by molar-refractivity contribution is 9.10. The standard InChI is InChI=1S/C11H15BrO/c1-7(2)11(13)10-6-9(12)5-4-8(10)3/h4-7,11,13H,1-3H3. The summed E-state index contributed by atoms with van der Waals surface area (Å²) >= 11 is 3.40. The Hall–Kier alpha value is -0.340. The lowest BCUT2D eigenvalue weighted by molar-refractivity contribution is 0.126. The van der Waals surface area contributed by atoms with Crippen LogP contribution < -0.4 is 0 Å². The van der Waals surface area contributed by atoms with E-state index < -0.39 is 0 Å². The fraction of sp³-hybridized carbons (Fsp3) is 0.455. The smallest absolute Gasteiger partial charge is 0.0815 e. The van der Waals surface area contributed by atoms with Crippen LogP contribution in [0.1, 0.15) is 31.1 Å². The maximum absolute atomic E-state index is 9.88. The molecule has 0 heterocycles. The molecule has 0 aliphatic rings. The fourth-order valence-corrected chi connectivity index (χ4v) is 1.67. The van der Waals surface area contributed by atoms with Gasteiger partial charge in [-0.15, -0.1) is 0 Å². The number of hydrogen-bond acceptors (Lipinski definition) is 1. The molecule has 0 aliphatic carbocycles. The van der Waals surface area contributed by atoms with Crippen molar-refractivity contribution in [2.45, 2.75) is 26.9 Å². The Labute approximate surface area is 87.9 Å². The number of halogens is 1. The van der Waals surface area contributed by atoms with Gasteiger partial charge in [0, 0.05) is 4.47 Å². The Balaban J connectivity index is 3.05. The first-order valence-electron chi connectivity index (χ1n) is 4.46. The van der Waals surface area contributed by atoms with Crippen LogP contribution in [0.25, 0.3) is 0 Å². The van der Waals surface area contributed by atoms with Gasteiger partial charge in [-0.2, -0.15) is 0 Å². The van der Waals surface area contributed by atoms with Crippen LogP contribution in [0.3, 0.4) is 0 Å². The predicted molar refractivity (Wildman–Crippen MR) is 58.7 cm³/mol. The minimum Gasteiger partial charge on any atom is -0.388 e. The second-order valence-corrected chi connectivity index (χ2v) is 4.61. The summed E-state index contributed by atoms with van der Waals surface area (Å²) in [6.07, 6.45) is -0.363. The molecular formula is C11H15BrO. The molecule has 2 heteroatoms. The summed E-state index contributed by atoms with van der Waals surface area (Å²) in [5.74, 6) is 0.257. The van der Waals surface area contributed by atoms with E-state index in [0.717, 1.165) is 15.6 Å². The highest BCUT2D eigenvalue weighted by Gasteiger charge is 2.14. The number of benzene rings is 1. The third-order valence-electron chi connectivity index (χ3n) is 2.19. The number of aliphatic hydroxyl groups excluding tert-OH is 1. The maximum Gasteiger partial charge on any atom is 0.0815 e. The van der Waals surface area contributed by atoms with Gasteiger partial charge in [0.05, 0.1) is 6.10 Å². The predicted octanol–water partition coefficient (Wildman–Crippen LogP) is 3.45. The highest BCUT2D eigenvalue weighted by atomic mass is 79.9. The zero-order chi connectivity index (χ0) is 10.0. The molecule has 0 saturated carbocycles. The molecule has 1 atom stereocenters. The van der Waals surface area contributed by atoms with Crippen molar-refractivity contribution in [3.05, 3.63) is 33.8 Å². The van der Waals surface area contributed by atoms with Gasteiger partial charge in [-0.05, 0) is 36.1 Å². The largest absolute Gasteiger partial charge is 0.388 e. The van der Waals surface area contributed by atoms with Crippen molar-refractivity contribution >= 4 is 15.9 Å². The van der Waals surface area contributed by atoms with Gasteiger partial charge in [0.25, 0.3) is 0 Å². The van der Waals surface area contributed by atoms with E-state index in [2.05, 4.69) is 15.9 Å². The van der Waals surface area contributed by atoms with Crippen molar-refractivity contribution in [2.75, 3.05) is 0 Å². The number of rotatable bonds is 2. The van der Waals surface area contributed by atoms with Gasteiger partial charge in [0.15, 0.2) is 0 Å². The summed E-state index contributed by atoms with van der Waals surface area (Å²) in [5, 5.41) is 9.88. The molecule has 0 spiro atoms. The van der Waals surface area contributed by atoms with Gasteiger partial charge in [-0.25, -0.2) is 0 Å². The van der Waals surface area contributed by atoms with Crippen molar-refractivity contribution in [2.24, 2.45) is 5.92 Å². The molecule has 1 rings (SSSR count). The first kappa shape index (κ1) is 10.7. The number of aryl methyl sites for hydroxylation is 1. The molecule has 1 aromatic rings. The van der Waals surface area contributed by atoms with Gasteiger partial charge in [-0.1, -0.05) is 35.8 Å². The molecule has 0 bridgehead atoms. The van der Waals surface area contributed by atoms with E-state index >= 15 is 0 Å². The van der Waals surface area contributed by atoms with Crippen molar-refractivity contribution in [3.63, 3.8) is 0 Å². The van der Waals surface area contributed by atoms with E-state index in [1.807, 2.05) is 39.0 Å². The van der Waals surface area contributed by atoms with Crippen molar-refractivity contribution in [1.29, 1.82) is 0 Å². The zero-order valence-corrected chi connectivity index (χ0v) is 9.80. The molecule has 1 unspecified atom stereocenters. The fourth-order valence-electron chi connectivity index (χ4n) is 1.29. The molecule has 13 heavy (non-hydrogen) atoms. The SMILES string of the molecule is Cc1ccc(Br)cc1C(O)C(C)C. The van der Waals surface area contributed by atoms with Gasteiger partial charge in [0.1, 0.15) is 0 Å². The molecule has 1 nitrogen and oxygen atoms in total. The van der Waals surface area contributed by atoms with Crippen LogP contribution in [0.2, 0.25) is 0 Å². The minimum absolute atomic E-state index is 0.257. The lowest BCUT2D eigenvalue weighted by Crippen LogP contribution is -2.07. The van der Waals surface area contributed by atoms with Crippen LogP contribution in [0.5, 0.6) is 0 Å². The Bertz CT molecular complexity index is 294. The van der Waals surface area contributed by atoms with E-state index in [1.54, 1.807) is 0 Å². The number of hydrogen-bond donors (Lipinski definition) is 1. The average molecular weight is 243 g/mol. The first-order valence-corrected chi connectivity index (χ1v) is 5.25. The summed E-state index contributed by atoms with van der Waals surface area (Å²) in [5.41, 5.74) is 2.16. The molecule has 0 amide bonds. The van der Waals surface area contributed by atoms with Crippen LogP contribution in [0.4, 0.5) is 0 Å². The van der Waals surface area contributed by atoms with Crippen LogP contribution in [0, 0.1) is 12.8 Å². The molecule has 0 saturated heterocycles. The Morgan fingerprint density at radius 2 is 1.92 bits per heavy atom. The summed E-state index contributed by atoms with van der Waals surface area (Å²) in [7, 11) is 0. The van der Waals surface area contributed by atoms with Gasteiger partial charge < -0.3 is 5.11 Å². The Morgan fingerprint density at radius 1 is 1.31 bits per heavy atom. The van der Waals surface area contributed by atoms with E-state index in [-0.39, 0.29) is 12.0 Å². The molecule has 1 N–H and O–H groups in total. The molecule has 0 aliphatic heterocycles. The molecular weight excluding hydrogens is 228 g/mol. The lowest BCUT2D eigenvalue weighted by atomic mass is 9.96. The summed E-state index contributed by atoms with van der Waals surface area (Å²) < 4.78 is 1.02. The second-order valence-electron chi connectivity index (χ2n) is 3.69. The van der Waals surface area contributed by atoms with Crippen LogP contribution in [-0.2, 0) is 0 Å². The molecule has 0 aromatic heterocycles. The highest BCUT2D eigenvalue weighted by Crippen LogP contribution is 2.26. The lowest BCUT2D eigenvalue weighted by Gasteiger charge is -2.17. The summed E-state index contributed by atoms with van der Waals surface area (Å²) in [6.45, 7) is 6.06. The van der Waals surface area contributed by atoms with Crippen molar-refractivity contribution in [1.82, 2.24) is 0 Å². The summed E-state index contributed by atoms with van der Waals surface area (Å²) in [4.78, 5) is 0. The average Bonchev–Trinajstić information content (AvgIpc) is 2.08. The molecule has 0 fully saturated rings. The van der Waals surface area contributed by atoms with Crippen LogP contribution >= 0.6 is 15.9 Å². The van der Waals surface area contributed by atoms with Gasteiger partial charge >= 0.3 is 0 Å². The quantitative estimate of drug-likeness (QED) is 0.843. The topological polar surface area (TPSA) is 20.2 Å². The van der Waals surface area contributed by atoms with Crippen LogP contribution in [0.15, 0.2) is 22.7 Å². The van der Waals surface area contributed by atoms with E-state index in [0.29, 0.717) is 0 Å². The number of aliphatic hydroxyl groups is 1. The molecule has 72 valence electrons. The summed E-state index contributed by atoms with van der Waals surface area (Å²) in [6, 6.07) is 6.00. The third kappa shape index (κ3) is 2.55. The Kier molecular flexibility index (Phi) is 3.51. The van der Waals surface area contributed by atoms with E-state index in [1.165, 1.54) is 0 Å². The Morgan fingerprint density at radius 3 is 2.46 bits per heavy atom. The van der Waals surface area contributed by atoms with Crippen molar-refractivity contribution < 1.29 is 5.11 Å². The normalized spacial score (nSPS) is 13.4. The van der Waals surface area contributed by atoms with E-state index in [4.69, 9.17) is 0 Å². The molecule has 1 aromatic carbocycles. The second kappa shape index (κ2) is 4.25. The van der Waals surface area contributed by atoms with Crippen LogP contribution in [-0.4, -0.2) is 5.11 Å². The third-order valence-corrected chi connectivity index (χ3v) is 2.68.